The molecule has 0 atom stereocenters. The second kappa shape index (κ2) is 7.07. The first-order chi connectivity index (χ1) is 5.46. The van der Waals surface area contributed by atoms with Crippen molar-refractivity contribution in [2.45, 2.75) is 20.8 Å². The number of rotatable bonds is 3. The van der Waals surface area contributed by atoms with Gasteiger partial charge in [-0.3, -0.25) is 14.4 Å². The summed E-state index contributed by atoms with van der Waals surface area (Å²) in [6, 6.07) is 0. The number of carbonyl (C=O) groups excluding carboxylic acids is 3. The molecule has 0 aliphatic heterocycles. The van der Waals surface area contributed by atoms with Crippen LogP contribution in [-0.2, 0) is 35.4 Å². The quantitative estimate of drug-likeness (QED) is 0.624. The summed E-state index contributed by atoms with van der Waals surface area (Å²) >= 11 is 1.06. The van der Waals surface area contributed by atoms with Crippen molar-refractivity contribution in [3.63, 3.8) is 0 Å². The zero-order valence-corrected chi connectivity index (χ0v) is 8.55. The summed E-state index contributed by atoms with van der Waals surface area (Å²) in [4.78, 5) is 31.8. The van der Waals surface area contributed by atoms with Crippen LogP contribution in [0.25, 0.3) is 0 Å². The van der Waals surface area contributed by atoms with E-state index in [2.05, 4.69) is 0 Å². The molecular formula is C7H10O4V. The van der Waals surface area contributed by atoms with Crippen molar-refractivity contribution in [1.29, 1.82) is 0 Å². The van der Waals surface area contributed by atoms with Gasteiger partial charge in [-0.15, -0.1) is 0 Å². The first-order valence-corrected chi connectivity index (χ1v) is 3.73. The third-order valence-electron chi connectivity index (χ3n) is 1.22. The van der Waals surface area contributed by atoms with Crippen molar-refractivity contribution in [1.82, 2.24) is 0 Å². The van der Waals surface area contributed by atoms with Crippen molar-refractivity contribution < 1.29 is 35.4 Å². The van der Waals surface area contributed by atoms with E-state index in [-0.39, 0.29) is 17.3 Å². The molecule has 0 unspecified atom stereocenters. The Bertz CT molecular complexity index is 166. The molecule has 0 saturated heterocycles. The maximum absolute atomic E-state index is 10.6. The molecule has 0 bridgehead atoms. The molecular weight excluding hydrogens is 199 g/mol. The van der Waals surface area contributed by atoms with E-state index in [1.54, 1.807) is 0 Å². The third kappa shape index (κ3) is 5.10. The van der Waals surface area contributed by atoms with E-state index >= 15 is 0 Å². The Labute approximate surface area is 79.9 Å². The maximum atomic E-state index is 10.6. The van der Waals surface area contributed by atoms with Crippen LogP contribution in [0.3, 0.4) is 0 Å². The number of hydrogen-bond acceptors (Lipinski definition) is 4. The van der Waals surface area contributed by atoms with Crippen LogP contribution < -0.4 is 0 Å². The molecule has 0 fully saturated rings. The SMILES string of the molecule is CC(=O)C(C(C)=O)C(C)=O.[O]=[V]. The van der Waals surface area contributed by atoms with E-state index in [0.717, 1.165) is 17.4 Å². The van der Waals surface area contributed by atoms with Gasteiger partial charge in [0, 0.05) is 0 Å². The van der Waals surface area contributed by atoms with Gasteiger partial charge in [-0.25, -0.2) is 0 Å². The summed E-state index contributed by atoms with van der Waals surface area (Å²) in [5.74, 6) is -2.15. The summed E-state index contributed by atoms with van der Waals surface area (Å²) < 4.78 is 8.19. The van der Waals surface area contributed by atoms with Crippen molar-refractivity contribution in [2.75, 3.05) is 0 Å². The van der Waals surface area contributed by atoms with Gasteiger partial charge in [-0.2, -0.15) is 0 Å². The second-order valence-electron chi connectivity index (χ2n) is 2.26. The predicted molar refractivity (Wildman–Crippen MR) is 36.2 cm³/mol. The van der Waals surface area contributed by atoms with Gasteiger partial charge in [-0.05, 0) is 20.8 Å². The summed E-state index contributed by atoms with van der Waals surface area (Å²) in [7, 11) is 0. The van der Waals surface area contributed by atoms with Gasteiger partial charge in [0.15, 0.2) is 0 Å². The van der Waals surface area contributed by atoms with Crippen LogP contribution in [0, 0.1) is 5.92 Å². The van der Waals surface area contributed by atoms with Gasteiger partial charge in [0.05, 0.1) is 0 Å². The topological polar surface area (TPSA) is 68.3 Å². The van der Waals surface area contributed by atoms with Crippen molar-refractivity contribution in [3.05, 3.63) is 0 Å². The van der Waals surface area contributed by atoms with Crippen LogP contribution in [0.15, 0.2) is 0 Å². The van der Waals surface area contributed by atoms with Gasteiger partial charge in [-0.1, -0.05) is 0 Å². The number of Topliss-reactive ketones (excluding diaryl/α,β-unsaturated/α-hetero) is 3. The van der Waals surface area contributed by atoms with Crippen LogP contribution in [0.5, 0.6) is 0 Å². The van der Waals surface area contributed by atoms with Gasteiger partial charge >= 0.3 is 21.0 Å². The molecule has 0 amide bonds. The standard InChI is InChI=1S/C7H10O3.O.V/c1-4(8)7(5(2)9)6(3)10;;/h7H,1-3H3;;. The molecule has 4 nitrogen and oxygen atoms in total. The average Bonchev–Trinajstić information content (AvgIpc) is 1.88. The molecule has 0 heterocycles. The molecule has 0 radical (unpaired) electrons. The fraction of sp³-hybridized carbons (Fsp3) is 0.571. The van der Waals surface area contributed by atoms with Gasteiger partial charge < -0.3 is 0 Å². The average molecular weight is 209 g/mol. The first-order valence-electron chi connectivity index (χ1n) is 3.16. The first kappa shape index (κ1) is 13.9. The summed E-state index contributed by atoms with van der Waals surface area (Å²) in [6.45, 7) is 3.73. The molecule has 0 aliphatic rings. The monoisotopic (exact) mass is 209 g/mol. The van der Waals surface area contributed by atoms with Crippen LogP contribution in [0.2, 0.25) is 0 Å². The van der Waals surface area contributed by atoms with E-state index in [1.165, 1.54) is 20.8 Å². The van der Waals surface area contributed by atoms with Crippen LogP contribution in [-0.4, -0.2) is 17.3 Å². The Hall–Kier alpha value is -0.606. The molecule has 12 heavy (non-hydrogen) atoms. The van der Waals surface area contributed by atoms with E-state index in [0.29, 0.717) is 0 Å². The molecule has 67 valence electrons. The minimum absolute atomic E-state index is 0.375. The van der Waals surface area contributed by atoms with Crippen molar-refractivity contribution in [3.8, 4) is 0 Å². The number of hydrogen-bond donors (Lipinski definition) is 0. The fourth-order valence-corrected chi connectivity index (χ4v) is 0.859. The van der Waals surface area contributed by atoms with E-state index in [9.17, 15) is 14.4 Å². The second-order valence-corrected chi connectivity index (χ2v) is 2.26. The van der Waals surface area contributed by atoms with E-state index < -0.39 is 5.92 Å². The Morgan fingerprint density at radius 3 is 1.00 bits per heavy atom. The normalized spacial score (nSPS) is 8.25. The Kier molecular flexibility index (Phi) is 8.21. The number of ketones is 3. The summed E-state index contributed by atoms with van der Waals surface area (Å²) in [5.41, 5.74) is 0. The zero-order valence-electron chi connectivity index (χ0n) is 7.16. The van der Waals surface area contributed by atoms with Gasteiger partial charge in [0.25, 0.3) is 0 Å². The number of carbonyl (C=O) groups is 3. The molecule has 0 aromatic heterocycles. The molecule has 0 saturated carbocycles. The Morgan fingerprint density at radius 1 is 0.833 bits per heavy atom. The zero-order chi connectivity index (χ0) is 10.3. The molecule has 5 heteroatoms. The molecule has 0 aromatic carbocycles. The van der Waals surface area contributed by atoms with Crippen LogP contribution in [0.1, 0.15) is 20.8 Å². The molecule has 0 spiro atoms. The molecule has 0 aliphatic carbocycles. The molecule has 0 aromatic rings. The minimum atomic E-state index is -1.03. The Morgan fingerprint density at radius 2 is 1.00 bits per heavy atom. The third-order valence-corrected chi connectivity index (χ3v) is 1.22. The van der Waals surface area contributed by atoms with Crippen LogP contribution >= 0.6 is 0 Å². The fourth-order valence-electron chi connectivity index (χ4n) is 0.859. The predicted octanol–water partition coefficient (Wildman–Crippen LogP) is 0.248. The summed E-state index contributed by atoms with van der Waals surface area (Å²) in [5, 5.41) is 0. The molecule has 0 N–H and O–H groups in total. The molecule has 0 rings (SSSR count). The Balaban J connectivity index is 0. The van der Waals surface area contributed by atoms with Crippen molar-refractivity contribution in [2.24, 2.45) is 5.92 Å². The van der Waals surface area contributed by atoms with Gasteiger partial charge in [0.2, 0.25) is 0 Å². The van der Waals surface area contributed by atoms with E-state index in [4.69, 9.17) is 3.67 Å². The summed E-state index contributed by atoms with van der Waals surface area (Å²) in [6.07, 6.45) is 0. The van der Waals surface area contributed by atoms with Gasteiger partial charge in [0.1, 0.15) is 23.3 Å². The van der Waals surface area contributed by atoms with Crippen molar-refractivity contribution >= 4 is 17.3 Å². The van der Waals surface area contributed by atoms with Crippen LogP contribution in [0.4, 0.5) is 0 Å². The van der Waals surface area contributed by atoms with E-state index in [1.807, 2.05) is 0 Å².